The molecule has 0 fully saturated rings. The zero-order valence-electron chi connectivity index (χ0n) is 13.5. The van der Waals surface area contributed by atoms with Gasteiger partial charge in [-0.25, -0.2) is 0 Å². The van der Waals surface area contributed by atoms with E-state index in [-0.39, 0.29) is 5.91 Å². The van der Waals surface area contributed by atoms with Gasteiger partial charge in [-0.2, -0.15) is 0 Å². The predicted octanol–water partition coefficient (Wildman–Crippen LogP) is 6.44. The Hall–Kier alpha value is -2.20. The highest BCUT2D eigenvalue weighted by Crippen LogP contribution is 2.28. The van der Waals surface area contributed by atoms with Crippen molar-refractivity contribution in [3.63, 3.8) is 0 Å². The molecule has 0 heterocycles. The lowest BCUT2D eigenvalue weighted by atomic mass is 10.1. The molecule has 1 unspecified atom stereocenters. The maximum atomic E-state index is 12.9. The number of benzene rings is 3. The summed E-state index contributed by atoms with van der Waals surface area (Å²) in [6, 6.07) is 20.9. The summed E-state index contributed by atoms with van der Waals surface area (Å²) in [7, 11) is 0. The molecule has 26 heavy (non-hydrogen) atoms. The normalized spacial score (nSPS) is 11.7. The topological polar surface area (TPSA) is 41.1 Å². The fraction of sp³-hybridized carbons (Fsp3) is 0.0500. The number of amides is 1. The number of carbonyl (C=O) groups excluding carboxylic acids is 1. The Balaban J connectivity index is 1.86. The fourth-order valence-electron chi connectivity index (χ4n) is 2.45. The Kier molecular flexibility index (Phi) is 6.04. The van der Waals surface area contributed by atoms with E-state index in [0.717, 1.165) is 5.56 Å². The van der Waals surface area contributed by atoms with E-state index in [9.17, 15) is 4.79 Å². The fourth-order valence-corrected chi connectivity index (χ4v) is 2.87. The van der Waals surface area contributed by atoms with E-state index in [1.165, 1.54) is 0 Å². The minimum atomic E-state index is -0.607. The van der Waals surface area contributed by atoms with Gasteiger partial charge in [-0.1, -0.05) is 65.1 Å². The standard InChI is InChI=1S/C20H15Cl3N2O/c21-14-6-8-15(9-7-14)25-20(26)19(13-4-2-1-3-5-13)24-16-10-11-17(22)18(23)12-16/h1-12,19,24H,(H,25,26). The lowest BCUT2D eigenvalue weighted by Gasteiger charge is -2.20. The maximum absolute atomic E-state index is 12.9. The molecule has 1 atom stereocenters. The molecule has 0 aliphatic heterocycles. The molecule has 0 aliphatic carbocycles. The first-order chi connectivity index (χ1) is 12.5. The number of halogens is 3. The summed E-state index contributed by atoms with van der Waals surface area (Å²) in [5.41, 5.74) is 2.18. The Morgan fingerprint density at radius 3 is 2.08 bits per heavy atom. The van der Waals surface area contributed by atoms with E-state index in [2.05, 4.69) is 10.6 Å². The van der Waals surface area contributed by atoms with E-state index in [1.807, 2.05) is 30.3 Å². The highest BCUT2D eigenvalue weighted by atomic mass is 35.5. The molecule has 2 N–H and O–H groups in total. The van der Waals surface area contributed by atoms with Crippen LogP contribution in [0, 0.1) is 0 Å². The van der Waals surface area contributed by atoms with Gasteiger partial charge in [-0.15, -0.1) is 0 Å². The smallest absolute Gasteiger partial charge is 0.251 e. The van der Waals surface area contributed by atoms with Crippen molar-refractivity contribution in [2.75, 3.05) is 10.6 Å². The second-order valence-corrected chi connectivity index (χ2v) is 6.86. The van der Waals surface area contributed by atoms with Crippen LogP contribution >= 0.6 is 34.8 Å². The molecule has 0 saturated heterocycles. The lowest BCUT2D eigenvalue weighted by molar-refractivity contribution is -0.117. The van der Waals surface area contributed by atoms with Crippen molar-refractivity contribution in [3.8, 4) is 0 Å². The third-order valence-electron chi connectivity index (χ3n) is 3.74. The zero-order valence-corrected chi connectivity index (χ0v) is 15.8. The van der Waals surface area contributed by atoms with E-state index in [4.69, 9.17) is 34.8 Å². The number of hydrogen-bond donors (Lipinski definition) is 2. The Bertz CT molecular complexity index is 899. The number of carbonyl (C=O) groups is 1. The Morgan fingerprint density at radius 2 is 1.42 bits per heavy atom. The SMILES string of the molecule is O=C(Nc1ccc(Cl)cc1)C(Nc1ccc(Cl)c(Cl)c1)c1ccccc1. The quantitative estimate of drug-likeness (QED) is 0.513. The molecule has 0 radical (unpaired) electrons. The minimum absolute atomic E-state index is 0.204. The van der Waals surface area contributed by atoms with Crippen LogP contribution in [0.3, 0.4) is 0 Å². The molecule has 0 aromatic heterocycles. The molecule has 3 nitrogen and oxygen atoms in total. The van der Waals surface area contributed by atoms with E-state index < -0.39 is 6.04 Å². The van der Waals surface area contributed by atoms with Gasteiger partial charge < -0.3 is 10.6 Å². The third kappa shape index (κ3) is 4.70. The van der Waals surface area contributed by atoms with Crippen LogP contribution in [0.1, 0.15) is 11.6 Å². The monoisotopic (exact) mass is 404 g/mol. The molecule has 0 bridgehead atoms. The van der Waals surface area contributed by atoms with Gasteiger partial charge in [0.2, 0.25) is 0 Å². The number of hydrogen-bond acceptors (Lipinski definition) is 2. The summed E-state index contributed by atoms with van der Waals surface area (Å²) in [5, 5.41) is 7.59. The van der Waals surface area contributed by atoms with Gasteiger partial charge in [-0.05, 0) is 48.0 Å². The largest absolute Gasteiger partial charge is 0.370 e. The first kappa shape index (κ1) is 18.6. The van der Waals surface area contributed by atoms with Crippen molar-refractivity contribution >= 4 is 52.1 Å². The first-order valence-corrected chi connectivity index (χ1v) is 8.99. The Labute approximate surface area is 166 Å². The average molecular weight is 406 g/mol. The van der Waals surface area contributed by atoms with Crippen LogP contribution in [-0.2, 0) is 4.79 Å². The van der Waals surface area contributed by atoms with Gasteiger partial charge in [0.05, 0.1) is 10.0 Å². The van der Waals surface area contributed by atoms with Gasteiger partial charge in [0.1, 0.15) is 6.04 Å². The van der Waals surface area contributed by atoms with Crippen LogP contribution in [0.25, 0.3) is 0 Å². The van der Waals surface area contributed by atoms with Crippen molar-refractivity contribution in [2.24, 2.45) is 0 Å². The second kappa shape index (κ2) is 8.45. The van der Waals surface area contributed by atoms with Crippen molar-refractivity contribution < 1.29 is 4.79 Å². The van der Waals surface area contributed by atoms with Crippen LogP contribution < -0.4 is 10.6 Å². The number of nitrogens with one attached hydrogen (secondary N) is 2. The summed E-state index contributed by atoms with van der Waals surface area (Å²) < 4.78 is 0. The molecule has 3 rings (SSSR count). The van der Waals surface area contributed by atoms with Gasteiger partial charge >= 0.3 is 0 Å². The summed E-state index contributed by atoms with van der Waals surface area (Å²) in [4.78, 5) is 12.9. The number of rotatable bonds is 5. The van der Waals surface area contributed by atoms with Gasteiger partial charge in [0.25, 0.3) is 5.91 Å². The molecular weight excluding hydrogens is 391 g/mol. The van der Waals surface area contributed by atoms with Crippen LogP contribution in [-0.4, -0.2) is 5.91 Å². The minimum Gasteiger partial charge on any atom is -0.370 e. The van der Waals surface area contributed by atoms with E-state index in [1.54, 1.807) is 42.5 Å². The zero-order chi connectivity index (χ0) is 18.5. The summed E-state index contributed by atoms with van der Waals surface area (Å²) >= 11 is 17.9. The predicted molar refractivity (Wildman–Crippen MR) is 109 cm³/mol. The lowest BCUT2D eigenvalue weighted by Crippen LogP contribution is -2.27. The van der Waals surface area contributed by atoms with Gasteiger partial charge in [-0.3, -0.25) is 4.79 Å². The maximum Gasteiger partial charge on any atom is 0.251 e. The van der Waals surface area contributed by atoms with Crippen LogP contribution in [0.2, 0.25) is 15.1 Å². The highest BCUT2D eigenvalue weighted by molar-refractivity contribution is 6.42. The third-order valence-corrected chi connectivity index (χ3v) is 4.73. The highest BCUT2D eigenvalue weighted by Gasteiger charge is 2.21. The molecule has 0 saturated carbocycles. The van der Waals surface area contributed by atoms with Gasteiger partial charge in [0, 0.05) is 16.4 Å². The molecular formula is C20H15Cl3N2O. The van der Waals surface area contributed by atoms with Gasteiger partial charge in [0.15, 0.2) is 0 Å². The molecule has 0 spiro atoms. The van der Waals surface area contributed by atoms with Crippen molar-refractivity contribution in [1.82, 2.24) is 0 Å². The van der Waals surface area contributed by atoms with E-state index in [0.29, 0.717) is 26.4 Å². The van der Waals surface area contributed by atoms with Crippen LogP contribution in [0.4, 0.5) is 11.4 Å². The average Bonchev–Trinajstić information content (AvgIpc) is 2.65. The summed E-state index contributed by atoms with van der Waals surface area (Å²) in [6.45, 7) is 0. The van der Waals surface area contributed by atoms with Crippen molar-refractivity contribution in [3.05, 3.63) is 93.4 Å². The summed E-state index contributed by atoms with van der Waals surface area (Å²) in [5.74, 6) is -0.204. The van der Waals surface area contributed by atoms with Crippen molar-refractivity contribution in [2.45, 2.75) is 6.04 Å². The molecule has 132 valence electrons. The molecule has 0 aliphatic rings. The molecule has 6 heteroatoms. The second-order valence-electron chi connectivity index (χ2n) is 5.61. The van der Waals surface area contributed by atoms with Crippen LogP contribution in [0.5, 0.6) is 0 Å². The van der Waals surface area contributed by atoms with E-state index >= 15 is 0 Å². The molecule has 1 amide bonds. The van der Waals surface area contributed by atoms with Crippen molar-refractivity contribution in [1.29, 1.82) is 0 Å². The first-order valence-electron chi connectivity index (χ1n) is 7.86. The molecule has 3 aromatic rings. The summed E-state index contributed by atoms with van der Waals surface area (Å²) in [6.07, 6.45) is 0. The number of anilines is 2. The Morgan fingerprint density at radius 1 is 0.769 bits per heavy atom. The van der Waals surface area contributed by atoms with Crippen LogP contribution in [0.15, 0.2) is 72.8 Å². The molecule has 3 aromatic carbocycles.